The normalized spacial score (nSPS) is 14.1. The van der Waals surface area contributed by atoms with Crippen molar-refractivity contribution < 1.29 is 28.2 Å². The molecule has 1 fully saturated rings. The van der Waals surface area contributed by atoms with Crippen LogP contribution in [0.4, 0.5) is 4.39 Å². The van der Waals surface area contributed by atoms with Gasteiger partial charge >= 0.3 is 11.9 Å². The van der Waals surface area contributed by atoms with Crippen molar-refractivity contribution in [3.63, 3.8) is 0 Å². The molecular weight excluding hydrogens is 559 g/mol. The van der Waals surface area contributed by atoms with Crippen LogP contribution < -0.4 is 4.74 Å². The van der Waals surface area contributed by atoms with Crippen molar-refractivity contribution >= 4 is 34.6 Å². The molecule has 1 aliphatic rings. The quantitative estimate of drug-likeness (QED) is 0.201. The number of rotatable bonds is 7. The van der Waals surface area contributed by atoms with Crippen LogP contribution in [0, 0.1) is 5.82 Å². The molecule has 0 radical (unpaired) electrons. The van der Waals surface area contributed by atoms with E-state index in [9.17, 15) is 9.59 Å². The number of carbonyl (C=O) groups is 2. The first-order valence-corrected chi connectivity index (χ1v) is 14.5. The summed E-state index contributed by atoms with van der Waals surface area (Å²) >= 11 is 6.36. The van der Waals surface area contributed by atoms with Crippen molar-refractivity contribution in [3.8, 4) is 17.1 Å². The summed E-state index contributed by atoms with van der Waals surface area (Å²) < 4.78 is 34.0. The number of hydrogen-bond acceptors (Lipinski definition) is 6. The Hall–Kier alpha value is -3.91. The molecule has 220 valence electrons. The number of aromatic nitrogens is 2. The standard InChI is InChI=1S/C33H34ClFN2O5/c1-33(2,3)42-32(39)20-10-14-26(34)22(16-20)19-41-24-12-13-25(27(35)18-24)30-36-28-17-21(31(38)40-4)11-15-29(28)37(30)23-8-6-5-7-9-23/h10-18,23H,5-9,19H2,1-4H3. The van der Waals surface area contributed by atoms with E-state index in [1.807, 2.05) is 6.07 Å². The van der Waals surface area contributed by atoms with Crippen LogP contribution in [0.1, 0.15) is 85.2 Å². The van der Waals surface area contributed by atoms with Crippen molar-refractivity contribution in [1.82, 2.24) is 9.55 Å². The molecule has 9 heteroatoms. The molecule has 0 N–H and O–H groups in total. The van der Waals surface area contributed by atoms with Gasteiger partial charge in [0, 0.05) is 22.7 Å². The van der Waals surface area contributed by atoms with Gasteiger partial charge in [0.1, 0.15) is 29.6 Å². The lowest BCUT2D eigenvalue weighted by atomic mass is 9.94. The Balaban J connectivity index is 1.43. The summed E-state index contributed by atoms with van der Waals surface area (Å²) in [5.41, 5.74) is 2.49. The third-order valence-electron chi connectivity index (χ3n) is 7.31. The topological polar surface area (TPSA) is 79.7 Å². The van der Waals surface area contributed by atoms with Gasteiger partial charge in [-0.15, -0.1) is 0 Å². The Kier molecular flexibility index (Phi) is 8.55. The molecule has 3 aromatic carbocycles. The lowest BCUT2D eigenvalue weighted by Gasteiger charge is -2.25. The number of ether oxygens (including phenoxy) is 3. The Morgan fingerprint density at radius 1 is 0.976 bits per heavy atom. The number of fused-ring (bicyclic) bond motifs is 1. The first kappa shape index (κ1) is 29.6. The number of methoxy groups -OCH3 is 1. The molecule has 4 aromatic rings. The predicted octanol–water partition coefficient (Wildman–Crippen LogP) is 8.32. The van der Waals surface area contributed by atoms with Gasteiger partial charge in [0.2, 0.25) is 0 Å². The number of benzene rings is 3. The molecule has 42 heavy (non-hydrogen) atoms. The Morgan fingerprint density at radius 3 is 2.38 bits per heavy atom. The summed E-state index contributed by atoms with van der Waals surface area (Å²) in [4.78, 5) is 29.4. The summed E-state index contributed by atoms with van der Waals surface area (Å²) in [6.07, 6.45) is 5.32. The van der Waals surface area contributed by atoms with Gasteiger partial charge in [-0.3, -0.25) is 0 Å². The second kappa shape index (κ2) is 12.1. The number of hydrogen-bond donors (Lipinski definition) is 0. The van der Waals surface area contributed by atoms with Gasteiger partial charge < -0.3 is 18.8 Å². The van der Waals surface area contributed by atoms with Gasteiger partial charge in [-0.2, -0.15) is 0 Å². The Bertz CT molecular complexity index is 1640. The fourth-order valence-electron chi connectivity index (χ4n) is 5.32. The van der Waals surface area contributed by atoms with E-state index >= 15 is 4.39 Å². The van der Waals surface area contributed by atoms with Crippen molar-refractivity contribution in [2.24, 2.45) is 0 Å². The van der Waals surface area contributed by atoms with Crippen LogP contribution in [0.5, 0.6) is 5.75 Å². The molecule has 0 saturated heterocycles. The minimum atomic E-state index is -0.631. The van der Waals surface area contributed by atoms with Crippen LogP contribution in [0.2, 0.25) is 5.02 Å². The van der Waals surface area contributed by atoms with Crippen molar-refractivity contribution in [2.45, 2.75) is 71.1 Å². The van der Waals surface area contributed by atoms with Crippen LogP contribution in [-0.2, 0) is 16.1 Å². The maximum Gasteiger partial charge on any atom is 0.338 e. The molecule has 1 heterocycles. The van der Waals surface area contributed by atoms with Gasteiger partial charge in [-0.05, 0) is 82.1 Å². The minimum absolute atomic E-state index is 0.0329. The lowest BCUT2D eigenvalue weighted by molar-refractivity contribution is 0.00691. The first-order chi connectivity index (χ1) is 20.0. The van der Waals surface area contributed by atoms with Gasteiger partial charge in [-0.25, -0.2) is 19.0 Å². The monoisotopic (exact) mass is 592 g/mol. The number of halogens is 2. The van der Waals surface area contributed by atoms with Gasteiger partial charge in [0.05, 0.1) is 34.8 Å². The van der Waals surface area contributed by atoms with Gasteiger partial charge in [0.15, 0.2) is 0 Å². The highest BCUT2D eigenvalue weighted by molar-refractivity contribution is 6.31. The number of imidazole rings is 1. The summed E-state index contributed by atoms with van der Waals surface area (Å²) in [6, 6.07) is 14.9. The van der Waals surface area contributed by atoms with E-state index in [0.29, 0.717) is 44.4 Å². The number of esters is 2. The van der Waals surface area contributed by atoms with Crippen molar-refractivity contribution in [2.75, 3.05) is 7.11 Å². The maximum absolute atomic E-state index is 15.7. The SMILES string of the molecule is COC(=O)c1ccc2c(c1)nc(-c1ccc(OCc3cc(C(=O)OC(C)(C)C)ccc3Cl)cc1F)n2C1CCCCC1. The zero-order valence-electron chi connectivity index (χ0n) is 24.2. The van der Waals surface area contributed by atoms with Crippen LogP contribution in [0.15, 0.2) is 54.6 Å². The molecule has 1 saturated carbocycles. The molecule has 1 aliphatic carbocycles. The average molecular weight is 593 g/mol. The second-order valence-electron chi connectivity index (χ2n) is 11.5. The highest BCUT2D eigenvalue weighted by atomic mass is 35.5. The van der Waals surface area contributed by atoms with E-state index in [4.69, 9.17) is 30.8 Å². The molecule has 7 nitrogen and oxygen atoms in total. The molecule has 0 bridgehead atoms. The average Bonchev–Trinajstić information content (AvgIpc) is 3.34. The third kappa shape index (κ3) is 6.44. The zero-order chi connectivity index (χ0) is 30.0. The molecule has 5 rings (SSSR count). The highest BCUT2D eigenvalue weighted by Crippen LogP contribution is 2.37. The highest BCUT2D eigenvalue weighted by Gasteiger charge is 2.25. The number of nitrogens with zero attached hydrogens (tertiary/aromatic N) is 2. The molecule has 0 amide bonds. The Morgan fingerprint density at radius 2 is 1.69 bits per heavy atom. The van der Waals surface area contributed by atoms with Crippen LogP contribution in [-0.4, -0.2) is 34.2 Å². The van der Waals surface area contributed by atoms with Crippen LogP contribution in [0.3, 0.4) is 0 Å². The van der Waals surface area contributed by atoms with E-state index in [0.717, 1.165) is 31.2 Å². The minimum Gasteiger partial charge on any atom is -0.489 e. The summed E-state index contributed by atoms with van der Waals surface area (Å²) in [6.45, 7) is 5.43. The summed E-state index contributed by atoms with van der Waals surface area (Å²) in [5.74, 6) is -0.577. The van der Waals surface area contributed by atoms with E-state index < -0.39 is 23.4 Å². The van der Waals surface area contributed by atoms with Gasteiger partial charge in [0.25, 0.3) is 0 Å². The van der Waals surface area contributed by atoms with E-state index in [1.54, 1.807) is 63.2 Å². The molecular formula is C33H34ClFN2O5. The fourth-order valence-corrected chi connectivity index (χ4v) is 5.49. The second-order valence-corrected chi connectivity index (χ2v) is 11.9. The third-order valence-corrected chi connectivity index (χ3v) is 7.68. The Labute approximate surface area is 249 Å². The van der Waals surface area contributed by atoms with Gasteiger partial charge in [-0.1, -0.05) is 30.9 Å². The first-order valence-electron chi connectivity index (χ1n) is 14.1. The van der Waals surface area contributed by atoms with Crippen LogP contribution >= 0.6 is 11.6 Å². The van der Waals surface area contributed by atoms with E-state index in [-0.39, 0.29) is 12.6 Å². The summed E-state index contributed by atoms with van der Waals surface area (Å²) in [7, 11) is 1.34. The predicted molar refractivity (Wildman–Crippen MR) is 160 cm³/mol. The lowest BCUT2D eigenvalue weighted by Crippen LogP contribution is -2.24. The van der Waals surface area contributed by atoms with Crippen molar-refractivity contribution in [3.05, 3.63) is 82.1 Å². The molecule has 0 spiro atoms. The van der Waals surface area contributed by atoms with Crippen LogP contribution in [0.25, 0.3) is 22.4 Å². The zero-order valence-corrected chi connectivity index (χ0v) is 25.0. The maximum atomic E-state index is 15.7. The number of carbonyl (C=O) groups excluding carboxylic acids is 2. The van der Waals surface area contributed by atoms with Crippen molar-refractivity contribution in [1.29, 1.82) is 0 Å². The molecule has 1 aromatic heterocycles. The molecule has 0 atom stereocenters. The molecule has 0 aliphatic heterocycles. The largest absolute Gasteiger partial charge is 0.489 e. The van der Waals surface area contributed by atoms with E-state index in [2.05, 4.69) is 4.57 Å². The smallest absolute Gasteiger partial charge is 0.338 e. The van der Waals surface area contributed by atoms with E-state index in [1.165, 1.54) is 19.6 Å². The fraction of sp³-hybridized carbons (Fsp3) is 0.364. The molecule has 0 unspecified atom stereocenters. The summed E-state index contributed by atoms with van der Waals surface area (Å²) in [5, 5.41) is 0.423.